The summed E-state index contributed by atoms with van der Waals surface area (Å²) in [5.74, 6) is -0.208. The average molecular weight is 298 g/mol. The van der Waals surface area contributed by atoms with Gasteiger partial charge in [-0.15, -0.1) is 0 Å². The number of benzene rings is 1. The number of primary sulfonamides is 1. The van der Waals surface area contributed by atoms with Crippen molar-refractivity contribution in [1.29, 1.82) is 0 Å². The van der Waals surface area contributed by atoms with E-state index in [0.717, 1.165) is 0 Å². The van der Waals surface area contributed by atoms with Crippen molar-refractivity contribution in [3.05, 3.63) is 23.8 Å². The number of aryl methyl sites for hydroxylation is 1. The van der Waals surface area contributed by atoms with Crippen molar-refractivity contribution in [3.8, 4) is 0 Å². The molecule has 110 valence electrons. The van der Waals surface area contributed by atoms with Crippen LogP contribution in [0.4, 0.5) is 5.69 Å². The van der Waals surface area contributed by atoms with Crippen molar-refractivity contribution in [2.45, 2.75) is 24.7 Å². The van der Waals surface area contributed by atoms with Crippen molar-refractivity contribution in [1.82, 2.24) is 0 Å². The Kier molecular flexibility index (Phi) is 4.42. The van der Waals surface area contributed by atoms with Crippen LogP contribution in [0.5, 0.6) is 0 Å². The SMILES string of the molecule is Cc1ccc(NC(=O)C2CCOCC2)cc1S(N)(=O)=O. The fraction of sp³-hybridized carbons (Fsp3) is 0.462. The molecule has 0 aromatic heterocycles. The van der Waals surface area contributed by atoms with E-state index in [9.17, 15) is 13.2 Å². The van der Waals surface area contributed by atoms with Crippen LogP contribution >= 0.6 is 0 Å². The van der Waals surface area contributed by atoms with Gasteiger partial charge < -0.3 is 10.1 Å². The van der Waals surface area contributed by atoms with Gasteiger partial charge in [-0.2, -0.15) is 0 Å². The second-order valence-electron chi connectivity index (χ2n) is 4.90. The number of nitrogens with one attached hydrogen (secondary N) is 1. The molecule has 2 rings (SSSR count). The minimum Gasteiger partial charge on any atom is -0.381 e. The Labute approximate surface area is 118 Å². The minimum atomic E-state index is -3.79. The van der Waals surface area contributed by atoms with Crippen LogP contribution in [0.15, 0.2) is 23.1 Å². The van der Waals surface area contributed by atoms with Crippen LogP contribution in [0.25, 0.3) is 0 Å². The third-order valence-electron chi connectivity index (χ3n) is 3.35. The van der Waals surface area contributed by atoms with Gasteiger partial charge in [-0.1, -0.05) is 6.07 Å². The maximum absolute atomic E-state index is 12.1. The van der Waals surface area contributed by atoms with Crippen LogP contribution < -0.4 is 10.5 Å². The highest BCUT2D eigenvalue weighted by atomic mass is 32.2. The lowest BCUT2D eigenvalue weighted by atomic mass is 9.99. The fourth-order valence-corrected chi connectivity index (χ4v) is 3.00. The van der Waals surface area contributed by atoms with Gasteiger partial charge in [0.25, 0.3) is 0 Å². The van der Waals surface area contributed by atoms with Crippen molar-refractivity contribution in [3.63, 3.8) is 0 Å². The second kappa shape index (κ2) is 5.90. The summed E-state index contributed by atoms with van der Waals surface area (Å²) in [6.45, 7) is 2.81. The van der Waals surface area contributed by atoms with Crippen LogP contribution in [0.1, 0.15) is 18.4 Å². The topological polar surface area (TPSA) is 98.5 Å². The molecule has 1 heterocycles. The number of carbonyl (C=O) groups is 1. The number of ether oxygens (including phenoxy) is 1. The summed E-state index contributed by atoms with van der Waals surface area (Å²) in [5, 5.41) is 7.88. The largest absolute Gasteiger partial charge is 0.381 e. The van der Waals surface area contributed by atoms with Crippen LogP contribution in [0, 0.1) is 12.8 Å². The van der Waals surface area contributed by atoms with E-state index in [0.29, 0.717) is 37.3 Å². The van der Waals surface area contributed by atoms with Gasteiger partial charge in [-0.25, -0.2) is 13.6 Å². The molecule has 1 saturated heterocycles. The zero-order valence-corrected chi connectivity index (χ0v) is 12.1. The normalized spacial score (nSPS) is 16.9. The van der Waals surface area contributed by atoms with Gasteiger partial charge in [-0.3, -0.25) is 4.79 Å². The summed E-state index contributed by atoms with van der Waals surface area (Å²) in [4.78, 5) is 12.1. The molecule has 6 nitrogen and oxygen atoms in total. The monoisotopic (exact) mass is 298 g/mol. The molecule has 0 spiro atoms. The summed E-state index contributed by atoms with van der Waals surface area (Å²) in [6.07, 6.45) is 1.36. The highest BCUT2D eigenvalue weighted by Gasteiger charge is 2.22. The van der Waals surface area contributed by atoms with E-state index in [1.54, 1.807) is 19.1 Å². The molecule has 1 amide bonds. The van der Waals surface area contributed by atoms with Crippen molar-refractivity contribution in [2.24, 2.45) is 11.1 Å². The molecule has 0 unspecified atom stereocenters. The quantitative estimate of drug-likeness (QED) is 0.870. The first-order chi connectivity index (χ1) is 9.38. The number of hydrogen-bond donors (Lipinski definition) is 2. The Morgan fingerprint density at radius 3 is 2.60 bits per heavy atom. The summed E-state index contributed by atoms with van der Waals surface area (Å²) in [6, 6.07) is 4.68. The third kappa shape index (κ3) is 3.56. The molecule has 0 aliphatic carbocycles. The summed E-state index contributed by atoms with van der Waals surface area (Å²) < 4.78 is 28.1. The molecule has 3 N–H and O–H groups in total. The molecule has 1 aliphatic rings. The number of rotatable bonds is 3. The average Bonchev–Trinajstić information content (AvgIpc) is 2.40. The van der Waals surface area contributed by atoms with E-state index in [4.69, 9.17) is 9.88 Å². The van der Waals surface area contributed by atoms with Crippen molar-refractivity contribution in [2.75, 3.05) is 18.5 Å². The first-order valence-corrected chi connectivity index (χ1v) is 7.94. The molecule has 7 heteroatoms. The van der Waals surface area contributed by atoms with E-state index in [2.05, 4.69) is 5.32 Å². The van der Waals surface area contributed by atoms with Crippen LogP contribution in [0.3, 0.4) is 0 Å². The smallest absolute Gasteiger partial charge is 0.238 e. The Balaban J connectivity index is 2.15. The molecule has 20 heavy (non-hydrogen) atoms. The molecule has 0 saturated carbocycles. The zero-order valence-electron chi connectivity index (χ0n) is 11.3. The van der Waals surface area contributed by atoms with E-state index < -0.39 is 10.0 Å². The Morgan fingerprint density at radius 2 is 2.00 bits per heavy atom. The Bertz CT molecular complexity index is 607. The lowest BCUT2D eigenvalue weighted by molar-refractivity contribution is -0.122. The lowest BCUT2D eigenvalue weighted by Crippen LogP contribution is -2.28. The first kappa shape index (κ1) is 15.0. The molecule has 1 aromatic rings. The molecule has 0 bridgehead atoms. The van der Waals surface area contributed by atoms with Crippen molar-refractivity contribution < 1.29 is 17.9 Å². The molecular formula is C13H18N2O4S. The van der Waals surface area contributed by atoms with Gasteiger partial charge in [0.15, 0.2) is 0 Å². The van der Waals surface area contributed by atoms with Crippen LogP contribution in [0.2, 0.25) is 0 Å². The molecule has 1 fully saturated rings. The molecule has 1 aliphatic heterocycles. The van der Waals surface area contributed by atoms with Gasteiger partial charge in [0.2, 0.25) is 15.9 Å². The number of nitrogens with two attached hydrogens (primary N) is 1. The number of sulfonamides is 1. The predicted octanol–water partition coefficient (Wildman–Crippen LogP) is 1.01. The van der Waals surface area contributed by atoms with Crippen molar-refractivity contribution >= 4 is 21.6 Å². The van der Waals surface area contributed by atoms with Gasteiger partial charge in [0.1, 0.15) is 0 Å². The maximum atomic E-state index is 12.1. The standard InChI is InChI=1S/C13H18N2O4S/c1-9-2-3-11(8-12(9)20(14,17)18)15-13(16)10-4-6-19-7-5-10/h2-3,8,10H,4-7H2,1H3,(H,15,16)(H2,14,17,18). The Hall–Kier alpha value is -1.44. The molecule has 1 aromatic carbocycles. The fourth-order valence-electron chi connectivity index (χ4n) is 2.19. The lowest BCUT2D eigenvalue weighted by Gasteiger charge is -2.21. The van der Waals surface area contributed by atoms with Crippen LogP contribution in [-0.4, -0.2) is 27.5 Å². The highest BCUT2D eigenvalue weighted by Crippen LogP contribution is 2.21. The summed E-state index contributed by atoms with van der Waals surface area (Å²) in [5.41, 5.74) is 0.993. The molecular weight excluding hydrogens is 280 g/mol. The van der Waals surface area contributed by atoms with E-state index in [-0.39, 0.29) is 16.7 Å². The van der Waals surface area contributed by atoms with E-state index in [1.165, 1.54) is 6.07 Å². The zero-order chi connectivity index (χ0) is 14.8. The summed E-state index contributed by atoms with van der Waals surface area (Å²) >= 11 is 0. The second-order valence-corrected chi connectivity index (χ2v) is 6.43. The predicted molar refractivity (Wildman–Crippen MR) is 74.7 cm³/mol. The highest BCUT2D eigenvalue weighted by molar-refractivity contribution is 7.89. The van der Waals surface area contributed by atoms with E-state index in [1.807, 2.05) is 0 Å². The van der Waals surface area contributed by atoms with Gasteiger partial charge in [0, 0.05) is 24.8 Å². The molecule has 0 radical (unpaired) electrons. The number of hydrogen-bond acceptors (Lipinski definition) is 4. The first-order valence-electron chi connectivity index (χ1n) is 6.40. The number of carbonyl (C=O) groups excluding carboxylic acids is 1. The maximum Gasteiger partial charge on any atom is 0.238 e. The van der Waals surface area contributed by atoms with E-state index >= 15 is 0 Å². The van der Waals surface area contributed by atoms with Gasteiger partial charge >= 0.3 is 0 Å². The van der Waals surface area contributed by atoms with Crippen LogP contribution in [-0.2, 0) is 19.6 Å². The van der Waals surface area contributed by atoms with Gasteiger partial charge in [0.05, 0.1) is 4.90 Å². The number of anilines is 1. The summed E-state index contributed by atoms with van der Waals surface area (Å²) in [7, 11) is -3.79. The molecule has 0 atom stereocenters. The Morgan fingerprint density at radius 1 is 1.35 bits per heavy atom. The minimum absolute atomic E-state index is 0.0299. The number of amides is 1. The van der Waals surface area contributed by atoms with Gasteiger partial charge in [-0.05, 0) is 37.5 Å². The third-order valence-corrected chi connectivity index (χ3v) is 4.41.